The highest BCUT2D eigenvalue weighted by Crippen LogP contribution is 2.06. The monoisotopic (exact) mass is 250 g/mol. The van der Waals surface area contributed by atoms with E-state index in [-0.39, 0.29) is 0 Å². The van der Waals surface area contributed by atoms with Crippen molar-refractivity contribution >= 4 is 5.97 Å². The minimum absolute atomic E-state index is 0.407. The van der Waals surface area contributed by atoms with Crippen molar-refractivity contribution in [2.75, 3.05) is 6.61 Å². The van der Waals surface area contributed by atoms with E-state index >= 15 is 0 Å². The quantitative estimate of drug-likeness (QED) is 0.570. The Morgan fingerprint density at radius 1 is 1.22 bits per heavy atom. The van der Waals surface area contributed by atoms with Crippen LogP contribution in [0.5, 0.6) is 0 Å². The fourth-order valence-electron chi connectivity index (χ4n) is 1.69. The molecular formula is C15H22O3. The summed E-state index contributed by atoms with van der Waals surface area (Å²) in [4.78, 5) is 11.2. The number of aliphatic hydroxyl groups excluding tert-OH is 1. The standard InChI is InChI=1S/C15H22O3/c1-2-14(16)15(17)18-12-8-4-7-11-13-9-5-3-6-10-13/h3,5-6,9-10,14,16H,2,4,7-8,11-12H2,1H3/t14-/m0/s1. The molecule has 0 radical (unpaired) electrons. The van der Waals surface area contributed by atoms with E-state index in [0.717, 1.165) is 25.7 Å². The van der Waals surface area contributed by atoms with E-state index in [9.17, 15) is 9.90 Å². The Bertz CT molecular complexity index is 335. The third-order valence-electron chi connectivity index (χ3n) is 2.86. The van der Waals surface area contributed by atoms with Gasteiger partial charge in [-0.15, -0.1) is 0 Å². The zero-order valence-electron chi connectivity index (χ0n) is 11.0. The van der Waals surface area contributed by atoms with E-state index < -0.39 is 12.1 Å². The molecule has 0 bridgehead atoms. The molecule has 0 unspecified atom stereocenters. The lowest BCUT2D eigenvalue weighted by atomic mass is 10.1. The number of aliphatic hydroxyl groups is 1. The molecule has 1 atom stereocenters. The largest absolute Gasteiger partial charge is 0.464 e. The SMILES string of the molecule is CC[C@H](O)C(=O)OCCCCCc1ccccc1. The number of hydrogen-bond acceptors (Lipinski definition) is 3. The van der Waals surface area contributed by atoms with Crippen LogP contribution in [0, 0.1) is 0 Å². The third kappa shape index (κ3) is 5.82. The first kappa shape index (κ1) is 14.7. The smallest absolute Gasteiger partial charge is 0.334 e. The fraction of sp³-hybridized carbons (Fsp3) is 0.533. The van der Waals surface area contributed by atoms with Crippen LogP contribution in [-0.2, 0) is 16.0 Å². The molecule has 0 amide bonds. The van der Waals surface area contributed by atoms with Crippen molar-refractivity contribution in [3.63, 3.8) is 0 Å². The van der Waals surface area contributed by atoms with Crippen LogP contribution in [0.3, 0.4) is 0 Å². The predicted molar refractivity (Wildman–Crippen MR) is 71.3 cm³/mol. The molecule has 18 heavy (non-hydrogen) atoms. The predicted octanol–water partition coefficient (Wildman–Crippen LogP) is 2.71. The summed E-state index contributed by atoms with van der Waals surface area (Å²) in [5.74, 6) is -0.499. The van der Waals surface area contributed by atoms with Crippen molar-refractivity contribution in [2.45, 2.75) is 45.1 Å². The van der Waals surface area contributed by atoms with Gasteiger partial charge in [0.05, 0.1) is 6.61 Å². The summed E-state index contributed by atoms with van der Waals surface area (Å²) in [5, 5.41) is 9.20. The first-order chi connectivity index (χ1) is 8.74. The average molecular weight is 250 g/mol. The highest BCUT2D eigenvalue weighted by Gasteiger charge is 2.12. The molecule has 0 spiro atoms. The number of hydrogen-bond donors (Lipinski definition) is 1. The third-order valence-corrected chi connectivity index (χ3v) is 2.86. The van der Waals surface area contributed by atoms with Gasteiger partial charge in [-0.3, -0.25) is 0 Å². The molecule has 0 saturated heterocycles. The topological polar surface area (TPSA) is 46.5 Å². The van der Waals surface area contributed by atoms with Crippen molar-refractivity contribution < 1.29 is 14.6 Å². The van der Waals surface area contributed by atoms with Gasteiger partial charge in [0.2, 0.25) is 0 Å². The first-order valence-corrected chi connectivity index (χ1v) is 6.62. The lowest BCUT2D eigenvalue weighted by molar-refractivity contribution is -0.153. The summed E-state index contributed by atoms with van der Waals surface area (Å²) in [6.07, 6.45) is 3.49. The molecule has 0 aromatic heterocycles. The molecule has 1 N–H and O–H groups in total. The Hall–Kier alpha value is -1.35. The van der Waals surface area contributed by atoms with Gasteiger partial charge < -0.3 is 9.84 Å². The van der Waals surface area contributed by atoms with Crippen LogP contribution in [0.2, 0.25) is 0 Å². The van der Waals surface area contributed by atoms with Gasteiger partial charge in [0.25, 0.3) is 0 Å². The number of esters is 1. The van der Waals surface area contributed by atoms with Crippen LogP contribution in [0.15, 0.2) is 30.3 Å². The number of benzene rings is 1. The highest BCUT2D eigenvalue weighted by molar-refractivity contribution is 5.74. The molecule has 0 saturated carbocycles. The summed E-state index contributed by atoms with van der Waals surface area (Å²) in [6, 6.07) is 10.4. The van der Waals surface area contributed by atoms with Crippen molar-refractivity contribution in [1.82, 2.24) is 0 Å². The Labute approximate surface area is 109 Å². The van der Waals surface area contributed by atoms with Gasteiger partial charge in [-0.2, -0.15) is 0 Å². The van der Waals surface area contributed by atoms with E-state index in [2.05, 4.69) is 12.1 Å². The highest BCUT2D eigenvalue weighted by atomic mass is 16.5. The Balaban J connectivity index is 2.01. The van der Waals surface area contributed by atoms with Gasteiger partial charge in [-0.25, -0.2) is 4.79 Å². The van der Waals surface area contributed by atoms with Crippen molar-refractivity contribution in [3.05, 3.63) is 35.9 Å². The molecule has 0 aliphatic rings. The average Bonchev–Trinajstić information content (AvgIpc) is 2.42. The van der Waals surface area contributed by atoms with E-state index in [1.54, 1.807) is 6.92 Å². The number of rotatable bonds is 8. The Morgan fingerprint density at radius 3 is 2.61 bits per heavy atom. The zero-order valence-corrected chi connectivity index (χ0v) is 11.0. The lowest BCUT2D eigenvalue weighted by Crippen LogP contribution is -2.22. The molecule has 3 heteroatoms. The van der Waals surface area contributed by atoms with Gasteiger partial charge in [0.1, 0.15) is 0 Å². The maximum absolute atomic E-state index is 11.2. The maximum atomic E-state index is 11.2. The van der Waals surface area contributed by atoms with Crippen LogP contribution in [0.25, 0.3) is 0 Å². The van der Waals surface area contributed by atoms with E-state index in [4.69, 9.17) is 4.74 Å². The van der Waals surface area contributed by atoms with Crippen molar-refractivity contribution in [2.24, 2.45) is 0 Å². The van der Waals surface area contributed by atoms with E-state index in [1.807, 2.05) is 18.2 Å². The number of carbonyl (C=O) groups is 1. The summed E-state index contributed by atoms with van der Waals surface area (Å²) < 4.78 is 4.96. The fourth-order valence-corrected chi connectivity index (χ4v) is 1.69. The maximum Gasteiger partial charge on any atom is 0.334 e. The summed E-state index contributed by atoms with van der Waals surface area (Å²) >= 11 is 0. The van der Waals surface area contributed by atoms with Gasteiger partial charge in [-0.05, 0) is 37.7 Å². The van der Waals surface area contributed by atoms with Gasteiger partial charge in [0, 0.05) is 0 Å². The molecule has 0 fully saturated rings. The van der Waals surface area contributed by atoms with Gasteiger partial charge >= 0.3 is 5.97 Å². The van der Waals surface area contributed by atoms with Crippen LogP contribution in [0.1, 0.15) is 38.2 Å². The Morgan fingerprint density at radius 2 is 1.94 bits per heavy atom. The lowest BCUT2D eigenvalue weighted by Gasteiger charge is -2.08. The first-order valence-electron chi connectivity index (χ1n) is 6.62. The minimum atomic E-state index is -0.964. The Kier molecular flexibility index (Phi) is 7.11. The molecule has 3 nitrogen and oxygen atoms in total. The summed E-state index contributed by atoms with van der Waals surface area (Å²) in [6.45, 7) is 2.16. The van der Waals surface area contributed by atoms with Crippen molar-refractivity contribution in [3.8, 4) is 0 Å². The number of carbonyl (C=O) groups excluding carboxylic acids is 1. The van der Waals surface area contributed by atoms with E-state index in [1.165, 1.54) is 5.56 Å². The molecule has 0 heterocycles. The zero-order chi connectivity index (χ0) is 13.2. The summed E-state index contributed by atoms with van der Waals surface area (Å²) in [7, 11) is 0. The van der Waals surface area contributed by atoms with Crippen molar-refractivity contribution in [1.29, 1.82) is 0 Å². The van der Waals surface area contributed by atoms with Crippen LogP contribution in [0.4, 0.5) is 0 Å². The number of ether oxygens (including phenoxy) is 1. The molecule has 0 aliphatic heterocycles. The second-order valence-electron chi connectivity index (χ2n) is 4.39. The van der Waals surface area contributed by atoms with E-state index in [0.29, 0.717) is 13.0 Å². The molecular weight excluding hydrogens is 228 g/mol. The van der Waals surface area contributed by atoms with Gasteiger partial charge in [-0.1, -0.05) is 37.3 Å². The van der Waals surface area contributed by atoms with Crippen LogP contribution >= 0.6 is 0 Å². The second-order valence-corrected chi connectivity index (χ2v) is 4.39. The number of unbranched alkanes of at least 4 members (excludes halogenated alkanes) is 2. The second kappa shape index (κ2) is 8.70. The number of aryl methyl sites for hydroxylation is 1. The normalized spacial score (nSPS) is 12.1. The molecule has 1 rings (SSSR count). The summed E-state index contributed by atoms with van der Waals surface area (Å²) in [5.41, 5.74) is 1.34. The van der Waals surface area contributed by atoms with Gasteiger partial charge in [0.15, 0.2) is 6.10 Å². The molecule has 1 aromatic carbocycles. The van der Waals surface area contributed by atoms with Crippen LogP contribution in [-0.4, -0.2) is 23.8 Å². The van der Waals surface area contributed by atoms with Crippen LogP contribution < -0.4 is 0 Å². The molecule has 100 valence electrons. The molecule has 0 aliphatic carbocycles. The molecule has 1 aromatic rings. The minimum Gasteiger partial charge on any atom is -0.464 e.